The van der Waals surface area contributed by atoms with E-state index in [9.17, 15) is 39.0 Å². The summed E-state index contributed by atoms with van der Waals surface area (Å²) >= 11 is 0. The number of primary amides is 1. The summed E-state index contributed by atoms with van der Waals surface area (Å²) in [5, 5.41) is 34.6. The van der Waals surface area contributed by atoms with Crippen molar-refractivity contribution in [2.45, 2.75) is 83.1 Å². The van der Waals surface area contributed by atoms with Crippen LogP contribution in [-0.4, -0.2) is 81.2 Å². The molecule has 5 atom stereocenters. The Morgan fingerprint density at radius 3 is 1.68 bits per heavy atom. The van der Waals surface area contributed by atoms with E-state index in [2.05, 4.69) is 16.0 Å². The van der Waals surface area contributed by atoms with Gasteiger partial charge in [-0.2, -0.15) is 0 Å². The van der Waals surface area contributed by atoms with Crippen LogP contribution in [-0.2, 0) is 28.8 Å². The quantitative estimate of drug-likeness (QED) is 0.112. The molecule has 0 aromatic carbocycles. The zero-order chi connectivity index (χ0) is 26.6. The fourth-order valence-corrected chi connectivity index (χ4v) is 2.82. The van der Waals surface area contributed by atoms with Gasteiger partial charge in [0.25, 0.3) is 0 Å². The van der Waals surface area contributed by atoms with Gasteiger partial charge in [0.2, 0.25) is 23.6 Å². The SMILES string of the molecule is CC(C)CC(NC(=O)C(N)C(C)O)C(=O)NC(CCC(=O)O)C(=O)NC(CCC(N)=O)C(=O)O. The third-order valence-electron chi connectivity index (χ3n) is 4.74. The molecule has 0 fully saturated rings. The number of hydrogen-bond acceptors (Lipinski definition) is 8. The second-order valence-corrected chi connectivity index (χ2v) is 8.36. The van der Waals surface area contributed by atoms with Crippen LogP contribution in [0.3, 0.4) is 0 Å². The number of aliphatic carboxylic acids is 2. The van der Waals surface area contributed by atoms with Crippen LogP contribution in [0.1, 0.15) is 52.9 Å². The Bertz CT molecular complexity index is 757. The Balaban J connectivity index is 5.59. The Morgan fingerprint density at radius 2 is 1.24 bits per heavy atom. The topological polar surface area (TPSA) is 251 Å². The number of aliphatic hydroxyl groups is 1. The number of nitrogens with one attached hydrogen (secondary N) is 3. The molecule has 14 nitrogen and oxygen atoms in total. The van der Waals surface area contributed by atoms with E-state index in [0.29, 0.717) is 0 Å². The van der Waals surface area contributed by atoms with Crippen molar-refractivity contribution >= 4 is 35.6 Å². The van der Waals surface area contributed by atoms with Crippen molar-refractivity contribution in [3.05, 3.63) is 0 Å². The van der Waals surface area contributed by atoms with Crippen LogP contribution in [0.15, 0.2) is 0 Å². The van der Waals surface area contributed by atoms with Gasteiger partial charge in [-0.15, -0.1) is 0 Å². The first-order chi connectivity index (χ1) is 15.6. The van der Waals surface area contributed by atoms with Gasteiger partial charge in [0.15, 0.2) is 0 Å². The minimum atomic E-state index is -1.50. The van der Waals surface area contributed by atoms with Crippen molar-refractivity contribution in [2.75, 3.05) is 0 Å². The predicted octanol–water partition coefficient (Wildman–Crippen LogP) is -2.59. The fraction of sp³-hybridized carbons (Fsp3) is 0.700. The zero-order valence-corrected chi connectivity index (χ0v) is 19.4. The Kier molecular flexibility index (Phi) is 13.4. The molecular formula is C20H35N5O9. The first-order valence-corrected chi connectivity index (χ1v) is 10.7. The van der Waals surface area contributed by atoms with Gasteiger partial charge < -0.3 is 42.7 Å². The molecule has 194 valence electrons. The molecule has 0 saturated heterocycles. The van der Waals surface area contributed by atoms with E-state index in [4.69, 9.17) is 16.6 Å². The summed E-state index contributed by atoms with van der Waals surface area (Å²) < 4.78 is 0. The van der Waals surface area contributed by atoms with Crippen LogP contribution in [0, 0.1) is 5.92 Å². The number of hydrogen-bond donors (Lipinski definition) is 8. The van der Waals surface area contributed by atoms with Gasteiger partial charge in [-0.05, 0) is 32.1 Å². The van der Waals surface area contributed by atoms with E-state index in [-0.39, 0.29) is 31.6 Å². The van der Waals surface area contributed by atoms with Gasteiger partial charge in [-0.25, -0.2) is 4.79 Å². The lowest BCUT2D eigenvalue weighted by Gasteiger charge is -2.26. The molecule has 0 spiro atoms. The molecule has 34 heavy (non-hydrogen) atoms. The van der Waals surface area contributed by atoms with Crippen LogP contribution in [0.25, 0.3) is 0 Å². The Hall–Kier alpha value is -3.26. The number of rotatable bonds is 16. The third-order valence-corrected chi connectivity index (χ3v) is 4.74. The summed E-state index contributed by atoms with van der Waals surface area (Å²) in [5.74, 6) is -6.19. The molecule has 0 heterocycles. The third kappa shape index (κ3) is 12.1. The molecule has 0 bridgehead atoms. The van der Waals surface area contributed by atoms with Gasteiger partial charge >= 0.3 is 11.9 Å². The maximum Gasteiger partial charge on any atom is 0.326 e. The number of nitrogens with two attached hydrogens (primary N) is 2. The van der Waals surface area contributed by atoms with Crippen LogP contribution >= 0.6 is 0 Å². The highest BCUT2D eigenvalue weighted by molar-refractivity contribution is 5.94. The zero-order valence-electron chi connectivity index (χ0n) is 19.4. The van der Waals surface area contributed by atoms with Crippen molar-refractivity contribution in [3.63, 3.8) is 0 Å². The summed E-state index contributed by atoms with van der Waals surface area (Å²) in [4.78, 5) is 71.1. The molecule has 0 aliphatic carbocycles. The van der Waals surface area contributed by atoms with Crippen LogP contribution in [0.5, 0.6) is 0 Å². The molecule has 0 aromatic heterocycles. The Morgan fingerprint density at radius 1 is 0.765 bits per heavy atom. The number of carbonyl (C=O) groups is 6. The molecule has 0 saturated carbocycles. The average molecular weight is 490 g/mol. The van der Waals surface area contributed by atoms with Crippen LogP contribution < -0.4 is 27.4 Å². The maximum atomic E-state index is 12.9. The van der Waals surface area contributed by atoms with Crippen molar-refractivity contribution in [1.82, 2.24) is 16.0 Å². The van der Waals surface area contributed by atoms with E-state index >= 15 is 0 Å². The lowest BCUT2D eigenvalue weighted by atomic mass is 10.0. The predicted molar refractivity (Wildman–Crippen MR) is 118 cm³/mol. The van der Waals surface area contributed by atoms with Crippen LogP contribution in [0.2, 0.25) is 0 Å². The smallest absolute Gasteiger partial charge is 0.326 e. The molecule has 0 aliphatic rings. The molecule has 0 aromatic rings. The highest BCUT2D eigenvalue weighted by Gasteiger charge is 2.31. The second-order valence-electron chi connectivity index (χ2n) is 8.36. The van der Waals surface area contributed by atoms with Crippen LogP contribution in [0.4, 0.5) is 0 Å². The van der Waals surface area contributed by atoms with Gasteiger partial charge in [-0.1, -0.05) is 13.8 Å². The lowest BCUT2D eigenvalue weighted by molar-refractivity contribution is -0.143. The highest BCUT2D eigenvalue weighted by atomic mass is 16.4. The summed E-state index contributed by atoms with van der Waals surface area (Å²) in [6, 6.07) is -5.42. The molecule has 14 heteroatoms. The second kappa shape index (κ2) is 14.8. The van der Waals surface area contributed by atoms with Crippen molar-refractivity contribution in [3.8, 4) is 0 Å². The van der Waals surface area contributed by atoms with E-state index in [0.717, 1.165) is 0 Å². The van der Waals surface area contributed by atoms with Crippen molar-refractivity contribution in [1.29, 1.82) is 0 Å². The molecule has 5 unspecified atom stereocenters. The monoisotopic (exact) mass is 489 g/mol. The summed E-state index contributed by atoms with van der Waals surface area (Å²) in [7, 11) is 0. The highest BCUT2D eigenvalue weighted by Crippen LogP contribution is 2.08. The minimum Gasteiger partial charge on any atom is -0.481 e. The molecule has 4 amide bonds. The van der Waals surface area contributed by atoms with Crippen molar-refractivity contribution in [2.24, 2.45) is 17.4 Å². The van der Waals surface area contributed by atoms with Gasteiger partial charge in [0, 0.05) is 12.8 Å². The Labute approximate surface area is 196 Å². The average Bonchev–Trinajstić information content (AvgIpc) is 2.71. The lowest BCUT2D eigenvalue weighted by Crippen LogP contribution is -2.58. The van der Waals surface area contributed by atoms with Gasteiger partial charge in [-0.3, -0.25) is 24.0 Å². The maximum absolute atomic E-state index is 12.9. The first kappa shape index (κ1) is 30.7. The number of aliphatic hydroxyl groups excluding tert-OH is 1. The number of carbonyl (C=O) groups excluding carboxylic acids is 4. The van der Waals surface area contributed by atoms with Gasteiger partial charge in [0.1, 0.15) is 24.2 Å². The van der Waals surface area contributed by atoms with E-state index in [1.807, 2.05) is 0 Å². The summed E-state index contributed by atoms with van der Waals surface area (Å²) in [5.41, 5.74) is 10.6. The number of amides is 4. The number of carboxylic acids is 2. The minimum absolute atomic E-state index is 0.0877. The molecule has 0 radical (unpaired) electrons. The van der Waals surface area contributed by atoms with E-state index in [1.165, 1.54) is 6.92 Å². The molecule has 0 aliphatic heterocycles. The summed E-state index contributed by atoms with van der Waals surface area (Å²) in [6.07, 6.45) is -2.58. The standard InChI is InChI=1S/C20H35N5O9/c1-9(2)8-13(25-19(32)16(22)10(3)26)18(31)23-11(5-7-15(28)29)17(30)24-12(20(33)34)4-6-14(21)27/h9-13,16,26H,4-8,22H2,1-3H3,(H2,21,27)(H,23,31)(H,24,30)(H,25,32)(H,28,29)(H,33,34). The molecule has 10 N–H and O–H groups in total. The van der Waals surface area contributed by atoms with Gasteiger partial charge in [0.05, 0.1) is 6.10 Å². The first-order valence-electron chi connectivity index (χ1n) is 10.7. The van der Waals surface area contributed by atoms with E-state index < -0.39 is 72.3 Å². The molecular weight excluding hydrogens is 454 g/mol. The summed E-state index contributed by atoms with van der Waals surface area (Å²) in [6.45, 7) is 4.84. The molecule has 0 rings (SSSR count). The van der Waals surface area contributed by atoms with E-state index in [1.54, 1.807) is 13.8 Å². The largest absolute Gasteiger partial charge is 0.481 e. The van der Waals surface area contributed by atoms with Crippen molar-refractivity contribution < 1.29 is 44.1 Å². The number of carboxylic acid groups (broad SMARTS) is 2. The fourth-order valence-electron chi connectivity index (χ4n) is 2.82. The normalized spacial score (nSPS) is 15.4.